The van der Waals surface area contributed by atoms with Crippen molar-refractivity contribution in [1.82, 2.24) is 14.3 Å². The van der Waals surface area contributed by atoms with Crippen LogP contribution in [0.2, 0.25) is 0 Å². The van der Waals surface area contributed by atoms with Crippen molar-refractivity contribution in [2.24, 2.45) is 5.92 Å². The van der Waals surface area contributed by atoms with Crippen LogP contribution in [0.5, 0.6) is 17.2 Å². The fraction of sp³-hybridized carbons (Fsp3) is 0.500. The van der Waals surface area contributed by atoms with E-state index in [1.807, 2.05) is 22.7 Å². The number of ketones is 1. The van der Waals surface area contributed by atoms with Gasteiger partial charge in [-0.2, -0.15) is 8.78 Å². The minimum Gasteiger partial charge on any atom is -0.496 e. The molecule has 1 unspecified atom stereocenters. The number of morpholine rings is 1. The normalized spacial score (nSPS) is 18.0. The first-order valence-electron chi connectivity index (χ1n) is 13.1. The summed E-state index contributed by atoms with van der Waals surface area (Å²) in [4.78, 5) is 19.7. The number of rotatable bonds is 13. The summed E-state index contributed by atoms with van der Waals surface area (Å²) < 4.78 is 55.5. The summed E-state index contributed by atoms with van der Waals surface area (Å²) in [5, 5.41) is 0. The van der Waals surface area contributed by atoms with Crippen LogP contribution in [0.4, 0.5) is 8.78 Å². The van der Waals surface area contributed by atoms with Gasteiger partial charge in [-0.05, 0) is 37.0 Å². The maximum absolute atomic E-state index is 13.3. The Morgan fingerprint density at radius 2 is 2.03 bits per heavy atom. The van der Waals surface area contributed by atoms with E-state index in [1.54, 1.807) is 19.4 Å². The van der Waals surface area contributed by atoms with E-state index in [-0.39, 0.29) is 41.3 Å². The molecule has 0 radical (unpaired) electrons. The zero-order valence-corrected chi connectivity index (χ0v) is 22.1. The SMILES string of the molecule is COCC1CN(CCOc2ccn3c(-c4cc(OC)c(C(=O)CC5CC5)c(OC(F)F)c4)cnc3c2)CCO1. The Labute approximate surface area is 225 Å². The van der Waals surface area contributed by atoms with E-state index in [9.17, 15) is 13.6 Å². The molecule has 0 N–H and O–H groups in total. The zero-order chi connectivity index (χ0) is 27.4. The molecule has 1 aliphatic heterocycles. The van der Waals surface area contributed by atoms with E-state index < -0.39 is 6.61 Å². The van der Waals surface area contributed by atoms with E-state index >= 15 is 0 Å². The number of Topliss-reactive ketones (excluding diaryl/α,β-unsaturated/α-hetero) is 1. The van der Waals surface area contributed by atoms with E-state index in [4.69, 9.17) is 23.7 Å². The Morgan fingerprint density at radius 1 is 1.21 bits per heavy atom. The first kappa shape index (κ1) is 27.3. The van der Waals surface area contributed by atoms with Gasteiger partial charge in [0.25, 0.3) is 0 Å². The van der Waals surface area contributed by atoms with Crippen molar-refractivity contribution in [1.29, 1.82) is 0 Å². The summed E-state index contributed by atoms with van der Waals surface area (Å²) in [5.74, 6) is 0.692. The lowest BCUT2D eigenvalue weighted by Crippen LogP contribution is -2.45. The number of alkyl halides is 2. The van der Waals surface area contributed by atoms with Crippen LogP contribution in [0.3, 0.4) is 0 Å². The third-order valence-electron chi connectivity index (χ3n) is 6.98. The lowest BCUT2D eigenvalue weighted by Gasteiger charge is -2.32. The molecule has 2 fully saturated rings. The quantitative estimate of drug-likeness (QED) is 0.294. The number of carbonyl (C=O) groups is 1. The number of carbonyl (C=O) groups excluding carboxylic acids is 1. The predicted molar refractivity (Wildman–Crippen MR) is 139 cm³/mol. The molecule has 1 atom stereocenters. The molecule has 1 aromatic carbocycles. The van der Waals surface area contributed by atoms with Crippen molar-refractivity contribution in [2.75, 3.05) is 53.7 Å². The molecule has 3 aromatic rings. The lowest BCUT2D eigenvalue weighted by molar-refractivity contribution is -0.0627. The van der Waals surface area contributed by atoms with Gasteiger partial charge in [-0.15, -0.1) is 0 Å². The lowest BCUT2D eigenvalue weighted by atomic mass is 10.00. The largest absolute Gasteiger partial charge is 0.496 e. The van der Waals surface area contributed by atoms with Crippen LogP contribution in [0.25, 0.3) is 16.9 Å². The number of halogens is 2. The monoisotopic (exact) mass is 545 g/mol. The highest BCUT2D eigenvalue weighted by molar-refractivity contribution is 6.02. The molecule has 210 valence electrons. The summed E-state index contributed by atoms with van der Waals surface area (Å²) in [5.41, 5.74) is 1.84. The number of benzene rings is 1. The van der Waals surface area contributed by atoms with Crippen LogP contribution in [-0.2, 0) is 9.47 Å². The number of ether oxygens (including phenoxy) is 5. The molecular formula is C28H33F2N3O6. The fourth-order valence-electron chi connectivity index (χ4n) is 4.88. The minimum absolute atomic E-state index is 0.0479. The first-order chi connectivity index (χ1) is 18.9. The van der Waals surface area contributed by atoms with Gasteiger partial charge in [0.15, 0.2) is 5.78 Å². The van der Waals surface area contributed by atoms with Crippen LogP contribution >= 0.6 is 0 Å². The Balaban J connectivity index is 1.33. The number of hydrogen-bond acceptors (Lipinski definition) is 8. The first-order valence-corrected chi connectivity index (χ1v) is 13.1. The van der Waals surface area contributed by atoms with Gasteiger partial charge in [0.2, 0.25) is 0 Å². The van der Waals surface area contributed by atoms with Crippen molar-refractivity contribution < 1.29 is 37.3 Å². The van der Waals surface area contributed by atoms with Crippen molar-refractivity contribution in [3.63, 3.8) is 0 Å². The molecule has 9 nitrogen and oxygen atoms in total. The Hall–Kier alpha value is -3.28. The average Bonchev–Trinajstić information content (AvgIpc) is 3.63. The van der Waals surface area contributed by atoms with Crippen LogP contribution in [0.1, 0.15) is 29.6 Å². The molecule has 5 rings (SSSR count). The van der Waals surface area contributed by atoms with Gasteiger partial charge in [-0.3, -0.25) is 14.1 Å². The Bertz CT molecular complexity index is 1290. The van der Waals surface area contributed by atoms with Crippen molar-refractivity contribution >= 4 is 11.4 Å². The molecular weight excluding hydrogens is 512 g/mol. The molecule has 0 bridgehead atoms. The van der Waals surface area contributed by atoms with Crippen LogP contribution in [0, 0.1) is 5.92 Å². The Kier molecular flexibility index (Phi) is 8.59. The summed E-state index contributed by atoms with van der Waals surface area (Å²) in [6.45, 7) is 1.06. The molecule has 1 saturated carbocycles. The number of nitrogens with zero attached hydrogens (tertiary/aromatic N) is 3. The number of fused-ring (bicyclic) bond motifs is 1. The summed E-state index contributed by atoms with van der Waals surface area (Å²) in [7, 11) is 3.08. The van der Waals surface area contributed by atoms with Gasteiger partial charge in [0, 0.05) is 51.0 Å². The molecule has 0 spiro atoms. The second-order valence-corrected chi connectivity index (χ2v) is 9.83. The smallest absolute Gasteiger partial charge is 0.387 e. The third-order valence-corrected chi connectivity index (χ3v) is 6.98. The van der Waals surface area contributed by atoms with E-state index in [0.29, 0.717) is 42.5 Å². The molecule has 2 aliphatic rings. The maximum Gasteiger partial charge on any atom is 0.387 e. The molecule has 1 saturated heterocycles. The van der Waals surface area contributed by atoms with Gasteiger partial charge in [0.1, 0.15) is 35.1 Å². The number of pyridine rings is 1. The van der Waals surface area contributed by atoms with E-state index in [2.05, 4.69) is 9.88 Å². The van der Waals surface area contributed by atoms with E-state index in [1.165, 1.54) is 13.2 Å². The number of hydrogen-bond donors (Lipinski definition) is 0. The van der Waals surface area contributed by atoms with Crippen molar-refractivity contribution in [3.05, 3.63) is 42.2 Å². The highest BCUT2D eigenvalue weighted by Gasteiger charge is 2.30. The highest BCUT2D eigenvalue weighted by atomic mass is 19.3. The van der Waals surface area contributed by atoms with Gasteiger partial charge < -0.3 is 23.7 Å². The molecule has 0 amide bonds. The van der Waals surface area contributed by atoms with Crippen molar-refractivity contribution in [2.45, 2.75) is 32.0 Å². The van der Waals surface area contributed by atoms with Crippen LogP contribution in [0.15, 0.2) is 36.7 Å². The Morgan fingerprint density at radius 3 is 2.77 bits per heavy atom. The zero-order valence-electron chi connectivity index (χ0n) is 22.1. The van der Waals surface area contributed by atoms with Gasteiger partial charge >= 0.3 is 6.61 Å². The standard InChI is InChI=1S/C28H33F2N3O6/c1-35-17-21-16-32(8-10-38-21)7-9-37-20-5-6-33-22(15-31-26(33)14-20)19-12-24(36-2)27(23(34)11-18-3-4-18)25(13-19)39-28(29)30/h5-6,12-15,18,21,28H,3-4,7-11,16-17H2,1-2H3. The van der Waals surface area contributed by atoms with Gasteiger partial charge in [0.05, 0.1) is 38.3 Å². The second-order valence-electron chi connectivity index (χ2n) is 9.83. The second kappa shape index (κ2) is 12.3. The highest BCUT2D eigenvalue weighted by Crippen LogP contribution is 2.40. The topological polar surface area (TPSA) is 83.8 Å². The van der Waals surface area contributed by atoms with Crippen LogP contribution < -0.4 is 14.2 Å². The van der Waals surface area contributed by atoms with E-state index in [0.717, 1.165) is 32.5 Å². The van der Waals surface area contributed by atoms with Crippen LogP contribution in [-0.4, -0.2) is 86.5 Å². The van der Waals surface area contributed by atoms with Gasteiger partial charge in [-0.25, -0.2) is 4.98 Å². The van der Waals surface area contributed by atoms with Crippen molar-refractivity contribution in [3.8, 4) is 28.5 Å². The number of aromatic nitrogens is 2. The summed E-state index contributed by atoms with van der Waals surface area (Å²) >= 11 is 0. The third kappa shape index (κ3) is 6.66. The summed E-state index contributed by atoms with van der Waals surface area (Å²) in [6, 6.07) is 6.75. The number of imidazole rings is 1. The maximum atomic E-state index is 13.3. The molecule has 2 aromatic heterocycles. The summed E-state index contributed by atoms with van der Waals surface area (Å²) in [6.07, 6.45) is 5.73. The molecule has 3 heterocycles. The molecule has 11 heteroatoms. The average molecular weight is 546 g/mol. The minimum atomic E-state index is -3.08. The van der Waals surface area contributed by atoms with Gasteiger partial charge in [-0.1, -0.05) is 0 Å². The predicted octanol–water partition coefficient (Wildman–Crippen LogP) is 4.32. The number of methoxy groups -OCH3 is 2. The molecule has 1 aliphatic carbocycles. The fourth-order valence-corrected chi connectivity index (χ4v) is 4.88. The molecule has 39 heavy (non-hydrogen) atoms.